The zero-order valence-electron chi connectivity index (χ0n) is 13.8. The first kappa shape index (κ1) is 15.8. The molecule has 0 aliphatic heterocycles. The van der Waals surface area contributed by atoms with Crippen molar-refractivity contribution in [2.24, 2.45) is 0 Å². The van der Waals surface area contributed by atoms with Crippen molar-refractivity contribution in [1.82, 2.24) is 4.98 Å². The third kappa shape index (κ3) is 3.15. The van der Waals surface area contributed by atoms with Gasteiger partial charge in [0.2, 0.25) is 0 Å². The Hall–Kier alpha value is -3.08. The average Bonchev–Trinajstić information content (AvgIpc) is 3.08. The van der Waals surface area contributed by atoms with E-state index in [1.807, 2.05) is 50.2 Å². The minimum atomic E-state index is -0.310. The van der Waals surface area contributed by atoms with E-state index in [1.54, 1.807) is 13.2 Å². The molecule has 3 aromatic rings. The molecule has 5 heteroatoms. The van der Waals surface area contributed by atoms with E-state index < -0.39 is 0 Å². The summed E-state index contributed by atoms with van der Waals surface area (Å²) in [5, 5.41) is 2.90. The fourth-order valence-electron chi connectivity index (χ4n) is 2.43. The van der Waals surface area contributed by atoms with E-state index >= 15 is 0 Å². The summed E-state index contributed by atoms with van der Waals surface area (Å²) in [4.78, 5) is 16.7. The third-order valence-corrected chi connectivity index (χ3v) is 3.76. The van der Waals surface area contributed by atoms with Gasteiger partial charge in [0.05, 0.1) is 7.11 Å². The van der Waals surface area contributed by atoms with Gasteiger partial charge >= 0.3 is 0 Å². The number of carbonyl (C=O) groups is 1. The molecule has 0 aliphatic rings. The molecule has 24 heavy (non-hydrogen) atoms. The van der Waals surface area contributed by atoms with Gasteiger partial charge < -0.3 is 14.5 Å². The molecular weight excluding hydrogens is 304 g/mol. The smallest absolute Gasteiger partial charge is 0.278 e. The SMILES string of the molecule is COc1cccc(-c2ocnc2C(=O)Nc2cc(C)ccc2C)c1. The van der Waals surface area contributed by atoms with Gasteiger partial charge in [0.25, 0.3) is 5.91 Å². The second kappa shape index (κ2) is 6.58. The standard InChI is InChI=1S/C19H18N2O3/c1-12-7-8-13(2)16(9-12)21-19(22)17-18(24-11-20-17)14-5-4-6-15(10-14)23-3/h4-11H,1-3H3,(H,21,22). The highest BCUT2D eigenvalue weighted by molar-refractivity contribution is 6.06. The Morgan fingerprint density at radius 1 is 1.17 bits per heavy atom. The highest BCUT2D eigenvalue weighted by Gasteiger charge is 2.19. The van der Waals surface area contributed by atoms with Crippen LogP contribution < -0.4 is 10.1 Å². The summed E-state index contributed by atoms with van der Waals surface area (Å²) in [5.41, 5.74) is 3.80. The molecule has 3 rings (SSSR count). The van der Waals surface area contributed by atoms with Crippen LogP contribution in [-0.4, -0.2) is 18.0 Å². The number of ether oxygens (including phenoxy) is 1. The molecule has 0 bridgehead atoms. The largest absolute Gasteiger partial charge is 0.497 e. The molecule has 5 nitrogen and oxygen atoms in total. The molecule has 1 N–H and O–H groups in total. The van der Waals surface area contributed by atoms with Gasteiger partial charge in [-0.25, -0.2) is 4.98 Å². The number of oxazole rings is 1. The van der Waals surface area contributed by atoms with Gasteiger partial charge in [-0.2, -0.15) is 0 Å². The maximum Gasteiger partial charge on any atom is 0.278 e. The number of methoxy groups -OCH3 is 1. The number of aromatic nitrogens is 1. The number of aryl methyl sites for hydroxylation is 2. The van der Waals surface area contributed by atoms with Crippen LogP contribution in [0.15, 0.2) is 53.3 Å². The van der Waals surface area contributed by atoms with Gasteiger partial charge in [0.15, 0.2) is 17.8 Å². The van der Waals surface area contributed by atoms with Crippen LogP contribution in [0.3, 0.4) is 0 Å². The van der Waals surface area contributed by atoms with E-state index in [0.717, 1.165) is 22.4 Å². The second-order valence-corrected chi connectivity index (χ2v) is 5.53. The van der Waals surface area contributed by atoms with Crippen LogP contribution in [-0.2, 0) is 0 Å². The summed E-state index contributed by atoms with van der Waals surface area (Å²) in [7, 11) is 1.59. The summed E-state index contributed by atoms with van der Waals surface area (Å²) < 4.78 is 10.7. The number of carbonyl (C=O) groups excluding carboxylic acids is 1. The van der Waals surface area contributed by atoms with Crippen LogP contribution in [0.1, 0.15) is 21.6 Å². The molecule has 0 saturated carbocycles. The van der Waals surface area contributed by atoms with Crippen LogP contribution >= 0.6 is 0 Å². The van der Waals surface area contributed by atoms with Crippen molar-refractivity contribution in [3.8, 4) is 17.1 Å². The Balaban J connectivity index is 1.92. The zero-order valence-corrected chi connectivity index (χ0v) is 13.8. The van der Waals surface area contributed by atoms with E-state index in [-0.39, 0.29) is 11.6 Å². The minimum Gasteiger partial charge on any atom is -0.497 e. The van der Waals surface area contributed by atoms with E-state index in [2.05, 4.69) is 10.3 Å². The summed E-state index contributed by atoms with van der Waals surface area (Å²) in [6.45, 7) is 3.92. The van der Waals surface area contributed by atoms with Gasteiger partial charge in [-0.05, 0) is 43.2 Å². The zero-order chi connectivity index (χ0) is 17.1. The number of anilines is 1. The maximum absolute atomic E-state index is 12.6. The normalized spacial score (nSPS) is 10.5. The summed E-state index contributed by atoms with van der Waals surface area (Å²) in [5.74, 6) is 0.789. The van der Waals surface area contributed by atoms with Crippen molar-refractivity contribution in [1.29, 1.82) is 0 Å². The number of benzene rings is 2. The second-order valence-electron chi connectivity index (χ2n) is 5.53. The van der Waals surface area contributed by atoms with E-state index in [9.17, 15) is 4.79 Å². The number of nitrogens with one attached hydrogen (secondary N) is 1. The monoisotopic (exact) mass is 322 g/mol. The van der Waals surface area contributed by atoms with Crippen LogP contribution in [0, 0.1) is 13.8 Å². The molecule has 122 valence electrons. The predicted octanol–water partition coefficient (Wildman–Crippen LogP) is 4.22. The minimum absolute atomic E-state index is 0.240. The quantitative estimate of drug-likeness (QED) is 0.781. The first-order chi connectivity index (χ1) is 11.6. The summed E-state index contributed by atoms with van der Waals surface area (Å²) in [6, 6.07) is 13.2. The van der Waals surface area contributed by atoms with Crippen molar-refractivity contribution in [2.75, 3.05) is 12.4 Å². The van der Waals surface area contributed by atoms with Gasteiger partial charge in [0.1, 0.15) is 5.75 Å². The van der Waals surface area contributed by atoms with Crippen LogP contribution in [0.2, 0.25) is 0 Å². The molecule has 0 fully saturated rings. The molecular formula is C19H18N2O3. The molecule has 0 atom stereocenters. The molecule has 0 spiro atoms. The Morgan fingerprint density at radius 3 is 2.79 bits per heavy atom. The molecule has 1 amide bonds. The summed E-state index contributed by atoms with van der Waals surface area (Å²) >= 11 is 0. The van der Waals surface area contributed by atoms with Gasteiger partial charge in [0, 0.05) is 11.3 Å². The fourth-order valence-corrected chi connectivity index (χ4v) is 2.43. The Bertz CT molecular complexity index is 884. The van der Waals surface area contributed by atoms with Crippen molar-refractivity contribution in [3.63, 3.8) is 0 Å². The molecule has 0 aliphatic carbocycles. The van der Waals surface area contributed by atoms with Crippen LogP contribution in [0.5, 0.6) is 5.75 Å². The van der Waals surface area contributed by atoms with Gasteiger partial charge in [-0.3, -0.25) is 4.79 Å². The summed E-state index contributed by atoms with van der Waals surface area (Å²) in [6.07, 6.45) is 1.27. The molecule has 0 unspecified atom stereocenters. The van der Waals surface area contributed by atoms with Gasteiger partial charge in [-0.1, -0.05) is 24.3 Å². The molecule has 0 saturated heterocycles. The van der Waals surface area contributed by atoms with Crippen LogP contribution in [0.4, 0.5) is 5.69 Å². The molecule has 2 aromatic carbocycles. The van der Waals surface area contributed by atoms with Crippen molar-refractivity contribution < 1.29 is 13.9 Å². The van der Waals surface area contributed by atoms with Gasteiger partial charge in [-0.15, -0.1) is 0 Å². The fraction of sp³-hybridized carbons (Fsp3) is 0.158. The predicted molar refractivity (Wildman–Crippen MR) is 92.4 cm³/mol. The lowest BCUT2D eigenvalue weighted by molar-refractivity contribution is 0.102. The lowest BCUT2D eigenvalue weighted by Gasteiger charge is -2.09. The number of hydrogen-bond donors (Lipinski definition) is 1. The van der Waals surface area contributed by atoms with E-state index in [1.165, 1.54) is 6.39 Å². The molecule has 0 radical (unpaired) electrons. The molecule has 1 heterocycles. The number of amides is 1. The van der Waals surface area contributed by atoms with Crippen molar-refractivity contribution >= 4 is 11.6 Å². The maximum atomic E-state index is 12.6. The number of rotatable bonds is 4. The lowest BCUT2D eigenvalue weighted by atomic mass is 10.1. The number of hydrogen-bond acceptors (Lipinski definition) is 4. The first-order valence-corrected chi connectivity index (χ1v) is 7.55. The van der Waals surface area contributed by atoms with Crippen LogP contribution in [0.25, 0.3) is 11.3 Å². The van der Waals surface area contributed by atoms with E-state index in [0.29, 0.717) is 11.5 Å². The Labute approximate surface area is 140 Å². The lowest BCUT2D eigenvalue weighted by Crippen LogP contribution is -2.14. The van der Waals surface area contributed by atoms with E-state index in [4.69, 9.17) is 9.15 Å². The van der Waals surface area contributed by atoms with Crippen molar-refractivity contribution in [3.05, 3.63) is 65.7 Å². The van der Waals surface area contributed by atoms with Crippen molar-refractivity contribution in [2.45, 2.75) is 13.8 Å². The highest BCUT2D eigenvalue weighted by Crippen LogP contribution is 2.27. The Morgan fingerprint density at radius 2 is 2.00 bits per heavy atom. The molecule has 1 aromatic heterocycles. The Kier molecular flexibility index (Phi) is 4.33. The first-order valence-electron chi connectivity index (χ1n) is 7.55. The highest BCUT2D eigenvalue weighted by atomic mass is 16.5. The third-order valence-electron chi connectivity index (χ3n) is 3.76. The topological polar surface area (TPSA) is 64.4 Å². The number of nitrogens with zero attached hydrogens (tertiary/aromatic N) is 1. The average molecular weight is 322 g/mol.